The summed E-state index contributed by atoms with van der Waals surface area (Å²) in [5.74, 6) is -2.33. The van der Waals surface area contributed by atoms with Crippen LogP contribution in [0.5, 0.6) is 0 Å². The fraction of sp³-hybridized carbons (Fsp3) is 0.556. The Labute approximate surface area is 135 Å². The predicted octanol–water partition coefficient (Wildman–Crippen LogP) is 2.06. The third-order valence-corrected chi connectivity index (χ3v) is 5.55. The molecule has 2 bridgehead atoms. The van der Waals surface area contributed by atoms with Crippen LogP contribution < -0.4 is 5.32 Å². The molecular formula is C18H21NO4. The SMILES string of the molecule is O=C(N[C@@H]1CCCc2ccccc21)[C@@H]1[C@H](C(=O)O)[C@H]2CC[C@H]1O2. The Morgan fingerprint density at radius 3 is 2.61 bits per heavy atom. The topological polar surface area (TPSA) is 75.6 Å². The lowest BCUT2D eigenvalue weighted by Gasteiger charge is -2.30. The molecule has 5 heteroatoms. The second kappa shape index (κ2) is 5.64. The highest BCUT2D eigenvalue weighted by Crippen LogP contribution is 2.44. The maximum Gasteiger partial charge on any atom is 0.310 e. The first-order chi connectivity index (χ1) is 11.1. The summed E-state index contributed by atoms with van der Waals surface area (Å²) in [6.07, 6.45) is 3.98. The number of rotatable bonds is 3. The van der Waals surface area contributed by atoms with Crippen molar-refractivity contribution in [3.8, 4) is 0 Å². The van der Waals surface area contributed by atoms with Crippen molar-refractivity contribution in [1.29, 1.82) is 0 Å². The van der Waals surface area contributed by atoms with Gasteiger partial charge in [0.1, 0.15) is 0 Å². The molecule has 1 aliphatic carbocycles. The molecule has 5 nitrogen and oxygen atoms in total. The maximum atomic E-state index is 12.8. The largest absolute Gasteiger partial charge is 0.481 e. The molecular weight excluding hydrogens is 294 g/mol. The fourth-order valence-corrected chi connectivity index (χ4v) is 4.50. The standard InChI is InChI=1S/C18H21NO4/c20-17(15-13-8-9-14(23-13)16(15)18(21)22)19-12-7-3-5-10-4-1-2-6-11(10)12/h1-2,4,6,12-16H,3,5,7-9H2,(H,19,20)(H,21,22)/t12-,13-,14-,15+,16-/m1/s1. The molecule has 1 aromatic rings. The number of hydrogen-bond donors (Lipinski definition) is 2. The number of carbonyl (C=O) groups is 2. The van der Waals surface area contributed by atoms with E-state index < -0.39 is 17.8 Å². The van der Waals surface area contributed by atoms with Crippen molar-refractivity contribution >= 4 is 11.9 Å². The third-order valence-electron chi connectivity index (χ3n) is 5.55. The first-order valence-electron chi connectivity index (χ1n) is 8.41. The average Bonchev–Trinajstić information content (AvgIpc) is 3.16. The van der Waals surface area contributed by atoms with E-state index in [4.69, 9.17) is 4.74 Å². The van der Waals surface area contributed by atoms with Crippen LogP contribution in [0.4, 0.5) is 0 Å². The van der Waals surface area contributed by atoms with Crippen LogP contribution >= 0.6 is 0 Å². The zero-order valence-corrected chi connectivity index (χ0v) is 12.9. The Kier molecular flexibility index (Phi) is 3.60. The fourth-order valence-electron chi connectivity index (χ4n) is 4.50. The highest BCUT2D eigenvalue weighted by Gasteiger charge is 2.55. The van der Waals surface area contributed by atoms with Crippen LogP contribution in [0.25, 0.3) is 0 Å². The summed E-state index contributed by atoms with van der Waals surface area (Å²) in [7, 11) is 0. The highest BCUT2D eigenvalue weighted by atomic mass is 16.5. The maximum absolute atomic E-state index is 12.8. The van der Waals surface area contributed by atoms with Crippen LogP contribution in [0.1, 0.15) is 42.9 Å². The summed E-state index contributed by atoms with van der Waals surface area (Å²) < 4.78 is 5.70. The van der Waals surface area contributed by atoms with Crippen molar-refractivity contribution < 1.29 is 19.4 Å². The van der Waals surface area contributed by atoms with Gasteiger partial charge in [-0.15, -0.1) is 0 Å². The summed E-state index contributed by atoms with van der Waals surface area (Å²) in [5, 5.41) is 12.6. The molecule has 3 aliphatic rings. The van der Waals surface area contributed by atoms with Gasteiger partial charge in [0.25, 0.3) is 0 Å². The number of nitrogens with one attached hydrogen (secondary N) is 1. The van der Waals surface area contributed by atoms with Crippen molar-refractivity contribution in [3.05, 3.63) is 35.4 Å². The van der Waals surface area contributed by atoms with E-state index in [-0.39, 0.29) is 24.2 Å². The molecule has 2 heterocycles. The Morgan fingerprint density at radius 2 is 1.83 bits per heavy atom. The third kappa shape index (κ3) is 2.43. The van der Waals surface area contributed by atoms with Gasteiger partial charge in [-0.1, -0.05) is 24.3 Å². The first kappa shape index (κ1) is 14.7. The predicted molar refractivity (Wildman–Crippen MR) is 82.8 cm³/mol. The highest BCUT2D eigenvalue weighted by molar-refractivity contribution is 5.86. The average molecular weight is 315 g/mol. The van der Waals surface area contributed by atoms with Gasteiger partial charge in [-0.2, -0.15) is 0 Å². The van der Waals surface area contributed by atoms with Gasteiger partial charge in [-0.05, 0) is 43.2 Å². The van der Waals surface area contributed by atoms with Gasteiger partial charge >= 0.3 is 5.97 Å². The Morgan fingerprint density at radius 1 is 1.09 bits per heavy atom. The van der Waals surface area contributed by atoms with Gasteiger partial charge in [0.15, 0.2) is 0 Å². The van der Waals surface area contributed by atoms with Gasteiger partial charge in [0, 0.05) is 0 Å². The van der Waals surface area contributed by atoms with E-state index in [0.29, 0.717) is 0 Å². The summed E-state index contributed by atoms with van der Waals surface area (Å²) in [6, 6.07) is 8.16. The van der Waals surface area contributed by atoms with Gasteiger partial charge < -0.3 is 15.2 Å². The normalized spacial score (nSPS) is 34.9. The molecule has 2 fully saturated rings. The van der Waals surface area contributed by atoms with Crippen molar-refractivity contribution in [2.75, 3.05) is 0 Å². The van der Waals surface area contributed by atoms with Gasteiger partial charge in [-0.25, -0.2) is 0 Å². The van der Waals surface area contributed by atoms with E-state index in [0.717, 1.165) is 32.1 Å². The van der Waals surface area contributed by atoms with Crippen LogP contribution in [-0.2, 0) is 20.7 Å². The van der Waals surface area contributed by atoms with E-state index in [1.165, 1.54) is 11.1 Å². The molecule has 1 amide bonds. The Balaban J connectivity index is 1.54. The number of fused-ring (bicyclic) bond motifs is 3. The molecule has 122 valence electrons. The molecule has 0 radical (unpaired) electrons. The first-order valence-corrected chi connectivity index (χ1v) is 8.41. The number of amides is 1. The van der Waals surface area contributed by atoms with Gasteiger partial charge in [-0.3, -0.25) is 9.59 Å². The van der Waals surface area contributed by atoms with E-state index in [9.17, 15) is 14.7 Å². The zero-order valence-electron chi connectivity index (χ0n) is 12.9. The van der Waals surface area contributed by atoms with E-state index >= 15 is 0 Å². The second-order valence-corrected chi connectivity index (χ2v) is 6.83. The number of carboxylic acids is 1. The minimum atomic E-state index is -0.915. The van der Waals surface area contributed by atoms with E-state index in [1.807, 2.05) is 12.1 Å². The van der Waals surface area contributed by atoms with Crippen molar-refractivity contribution in [3.63, 3.8) is 0 Å². The molecule has 23 heavy (non-hydrogen) atoms. The number of benzene rings is 1. The Hall–Kier alpha value is -1.88. The minimum absolute atomic E-state index is 0.0129. The summed E-state index contributed by atoms with van der Waals surface area (Å²) in [5.41, 5.74) is 2.45. The second-order valence-electron chi connectivity index (χ2n) is 6.83. The number of carbonyl (C=O) groups excluding carboxylic acids is 1. The molecule has 5 atom stereocenters. The van der Waals surface area contributed by atoms with Gasteiger partial charge in [0.2, 0.25) is 5.91 Å². The van der Waals surface area contributed by atoms with Gasteiger partial charge in [0.05, 0.1) is 30.1 Å². The molecule has 2 aliphatic heterocycles. The summed E-state index contributed by atoms with van der Waals surface area (Å²) in [4.78, 5) is 24.3. The lowest BCUT2D eigenvalue weighted by Crippen LogP contribution is -2.45. The quantitative estimate of drug-likeness (QED) is 0.895. The van der Waals surface area contributed by atoms with E-state index in [1.54, 1.807) is 0 Å². The van der Waals surface area contributed by atoms with Crippen molar-refractivity contribution in [2.24, 2.45) is 11.8 Å². The number of ether oxygens (including phenoxy) is 1. The lowest BCUT2D eigenvalue weighted by atomic mass is 9.78. The smallest absolute Gasteiger partial charge is 0.310 e. The van der Waals surface area contributed by atoms with Crippen LogP contribution in [0.15, 0.2) is 24.3 Å². The number of aryl methyl sites for hydroxylation is 1. The van der Waals surface area contributed by atoms with Crippen molar-refractivity contribution in [1.82, 2.24) is 5.32 Å². The lowest BCUT2D eigenvalue weighted by molar-refractivity contribution is -0.148. The van der Waals surface area contributed by atoms with Crippen LogP contribution in [-0.4, -0.2) is 29.2 Å². The Bertz CT molecular complexity index is 644. The summed E-state index contributed by atoms with van der Waals surface area (Å²) >= 11 is 0. The summed E-state index contributed by atoms with van der Waals surface area (Å²) in [6.45, 7) is 0. The van der Waals surface area contributed by atoms with Crippen LogP contribution in [0, 0.1) is 11.8 Å². The van der Waals surface area contributed by atoms with Crippen LogP contribution in [0.3, 0.4) is 0 Å². The molecule has 0 saturated carbocycles. The van der Waals surface area contributed by atoms with E-state index in [2.05, 4.69) is 17.4 Å². The minimum Gasteiger partial charge on any atom is -0.481 e. The molecule has 1 aromatic carbocycles. The van der Waals surface area contributed by atoms with Crippen molar-refractivity contribution in [2.45, 2.75) is 50.4 Å². The molecule has 0 aromatic heterocycles. The molecule has 0 unspecified atom stereocenters. The number of aliphatic carboxylic acids is 1. The zero-order chi connectivity index (χ0) is 16.0. The van der Waals surface area contributed by atoms with Crippen LogP contribution in [0.2, 0.25) is 0 Å². The molecule has 2 N–H and O–H groups in total. The molecule has 4 rings (SSSR count). The molecule has 2 saturated heterocycles. The number of hydrogen-bond acceptors (Lipinski definition) is 3. The molecule has 0 spiro atoms. The number of carboxylic acid groups (broad SMARTS) is 1. The monoisotopic (exact) mass is 315 g/mol.